The van der Waals surface area contributed by atoms with Crippen LogP contribution in [0.5, 0.6) is 0 Å². The van der Waals surface area contributed by atoms with Crippen molar-refractivity contribution in [3.8, 4) is 0 Å². The summed E-state index contributed by atoms with van der Waals surface area (Å²) in [5.74, 6) is -0.384. The summed E-state index contributed by atoms with van der Waals surface area (Å²) in [5, 5.41) is -1.32. The Kier molecular flexibility index (Phi) is 4.24. The second-order valence-electron chi connectivity index (χ2n) is 4.15. The van der Waals surface area contributed by atoms with E-state index in [1.807, 2.05) is 0 Å². The number of carbonyl (C=O) groups excluding carboxylic acids is 1. The van der Waals surface area contributed by atoms with Crippen LogP contribution in [0.15, 0.2) is 58.0 Å². The van der Waals surface area contributed by atoms with E-state index in [4.69, 9.17) is 4.42 Å². The average Bonchev–Trinajstić information content (AvgIpc) is 2.98. The van der Waals surface area contributed by atoms with Gasteiger partial charge in [-0.15, -0.1) is 0 Å². The highest BCUT2D eigenvalue weighted by atomic mass is 32.2. The van der Waals surface area contributed by atoms with Crippen LogP contribution in [0.25, 0.3) is 0 Å². The first-order valence-electron chi connectivity index (χ1n) is 5.95. The zero-order valence-electron chi connectivity index (χ0n) is 10.9. The molecule has 1 atom stereocenters. The van der Waals surface area contributed by atoms with Gasteiger partial charge in [0.15, 0.2) is 15.1 Å². The van der Waals surface area contributed by atoms with Gasteiger partial charge in [0.2, 0.25) is 0 Å². The standard InChI is InChI=1S/C14H14O5S/c1-18-14(15)13(10-11-6-5-9-19-11)20(16,17)12-7-3-2-4-8-12/h2-9,13H,10H2,1H3. The Morgan fingerprint density at radius 2 is 1.90 bits per heavy atom. The van der Waals surface area contributed by atoms with Crippen molar-refractivity contribution in [2.24, 2.45) is 0 Å². The molecule has 106 valence electrons. The maximum atomic E-state index is 12.5. The van der Waals surface area contributed by atoms with Crippen LogP contribution >= 0.6 is 0 Å². The van der Waals surface area contributed by atoms with Crippen LogP contribution in [0.2, 0.25) is 0 Å². The summed E-state index contributed by atoms with van der Waals surface area (Å²) in [4.78, 5) is 11.9. The number of furan rings is 1. The molecule has 0 aliphatic rings. The van der Waals surface area contributed by atoms with Gasteiger partial charge in [-0.05, 0) is 24.3 Å². The molecule has 5 nitrogen and oxygen atoms in total. The Balaban J connectivity index is 2.38. The number of methoxy groups -OCH3 is 1. The van der Waals surface area contributed by atoms with E-state index in [1.165, 1.54) is 18.4 Å². The highest BCUT2D eigenvalue weighted by Crippen LogP contribution is 2.20. The summed E-state index contributed by atoms with van der Waals surface area (Å²) in [7, 11) is -2.66. The summed E-state index contributed by atoms with van der Waals surface area (Å²) in [6.07, 6.45) is 1.37. The van der Waals surface area contributed by atoms with Crippen molar-refractivity contribution >= 4 is 15.8 Å². The Morgan fingerprint density at radius 1 is 1.20 bits per heavy atom. The number of rotatable bonds is 5. The number of esters is 1. The van der Waals surface area contributed by atoms with Crippen molar-refractivity contribution in [3.05, 3.63) is 54.5 Å². The molecule has 0 fully saturated rings. The number of ether oxygens (including phenoxy) is 1. The van der Waals surface area contributed by atoms with Crippen molar-refractivity contribution in [3.63, 3.8) is 0 Å². The predicted octanol–water partition coefficient (Wildman–Crippen LogP) is 1.84. The molecule has 0 aliphatic heterocycles. The highest BCUT2D eigenvalue weighted by Gasteiger charge is 2.35. The molecule has 6 heteroatoms. The molecule has 1 aromatic heterocycles. The maximum absolute atomic E-state index is 12.5. The van der Waals surface area contributed by atoms with Crippen molar-refractivity contribution in [2.75, 3.05) is 7.11 Å². The van der Waals surface area contributed by atoms with Gasteiger partial charge >= 0.3 is 5.97 Å². The van der Waals surface area contributed by atoms with Gasteiger partial charge in [0.1, 0.15) is 5.76 Å². The minimum atomic E-state index is -3.82. The molecule has 0 aliphatic carbocycles. The van der Waals surface area contributed by atoms with Crippen LogP contribution in [0.4, 0.5) is 0 Å². The molecule has 0 saturated carbocycles. The molecular formula is C14H14O5S. The highest BCUT2D eigenvalue weighted by molar-refractivity contribution is 7.92. The molecule has 0 N–H and O–H groups in total. The van der Waals surface area contributed by atoms with E-state index in [-0.39, 0.29) is 11.3 Å². The van der Waals surface area contributed by atoms with Gasteiger partial charge in [-0.25, -0.2) is 8.42 Å². The molecule has 0 radical (unpaired) electrons. The number of carbonyl (C=O) groups is 1. The van der Waals surface area contributed by atoms with Crippen LogP contribution < -0.4 is 0 Å². The van der Waals surface area contributed by atoms with Crippen molar-refractivity contribution in [1.82, 2.24) is 0 Å². The van der Waals surface area contributed by atoms with Crippen molar-refractivity contribution in [1.29, 1.82) is 0 Å². The summed E-state index contributed by atoms with van der Waals surface area (Å²) in [6, 6.07) is 11.1. The first-order chi connectivity index (χ1) is 9.55. The molecule has 1 aromatic carbocycles. The Hall–Kier alpha value is -2.08. The van der Waals surface area contributed by atoms with Crippen LogP contribution in [-0.2, 0) is 25.8 Å². The lowest BCUT2D eigenvalue weighted by Crippen LogP contribution is -2.33. The fourth-order valence-corrected chi connectivity index (χ4v) is 3.44. The quantitative estimate of drug-likeness (QED) is 0.787. The third-order valence-electron chi connectivity index (χ3n) is 2.88. The van der Waals surface area contributed by atoms with Gasteiger partial charge in [-0.3, -0.25) is 4.79 Å². The predicted molar refractivity (Wildman–Crippen MR) is 71.8 cm³/mol. The van der Waals surface area contributed by atoms with E-state index in [0.717, 1.165) is 7.11 Å². The van der Waals surface area contributed by atoms with Gasteiger partial charge < -0.3 is 9.15 Å². The Morgan fingerprint density at radius 3 is 2.45 bits per heavy atom. The lowest BCUT2D eigenvalue weighted by molar-refractivity contribution is -0.140. The Bertz CT molecular complexity index is 659. The van der Waals surface area contributed by atoms with E-state index in [1.54, 1.807) is 30.3 Å². The number of hydrogen-bond donors (Lipinski definition) is 0. The normalized spacial score (nSPS) is 12.8. The average molecular weight is 294 g/mol. The lowest BCUT2D eigenvalue weighted by atomic mass is 10.2. The van der Waals surface area contributed by atoms with Gasteiger partial charge in [0, 0.05) is 6.42 Å². The molecule has 0 amide bonds. The zero-order chi connectivity index (χ0) is 14.6. The van der Waals surface area contributed by atoms with Crippen LogP contribution in [0.3, 0.4) is 0 Å². The van der Waals surface area contributed by atoms with Crippen LogP contribution in [-0.4, -0.2) is 26.7 Å². The minimum Gasteiger partial charge on any atom is -0.469 e. The monoisotopic (exact) mass is 294 g/mol. The molecule has 20 heavy (non-hydrogen) atoms. The van der Waals surface area contributed by atoms with Crippen molar-refractivity contribution < 1.29 is 22.4 Å². The molecule has 1 heterocycles. The molecular weight excluding hydrogens is 280 g/mol. The van der Waals surface area contributed by atoms with E-state index in [2.05, 4.69) is 4.74 Å². The first kappa shape index (κ1) is 14.3. The zero-order valence-corrected chi connectivity index (χ0v) is 11.7. The molecule has 0 saturated heterocycles. The molecule has 0 spiro atoms. The van der Waals surface area contributed by atoms with E-state index >= 15 is 0 Å². The third-order valence-corrected chi connectivity index (χ3v) is 4.91. The van der Waals surface area contributed by atoms with E-state index in [0.29, 0.717) is 5.76 Å². The molecule has 0 bridgehead atoms. The van der Waals surface area contributed by atoms with E-state index < -0.39 is 21.1 Å². The third kappa shape index (κ3) is 2.91. The smallest absolute Gasteiger partial charge is 0.324 e. The minimum absolute atomic E-state index is 0.0586. The second-order valence-corrected chi connectivity index (χ2v) is 6.28. The fraction of sp³-hybridized carbons (Fsp3) is 0.214. The Labute approximate surface area is 117 Å². The number of sulfone groups is 1. The number of benzene rings is 1. The van der Waals surface area contributed by atoms with Crippen molar-refractivity contribution in [2.45, 2.75) is 16.6 Å². The molecule has 2 aromatic rings. The fourth-order valence-electron chi connectivity index (χ4n) is 1.84. The second kappa shape index (κ2) is 5.92. The maximum Gasteiger partial charge on any atom is 0.324 e. The summed E-state index contributed by atoms with van der Waals surface area (Å²) >= 11 is 0. The van der Waals surface area contributed by atoms with Crippen LogP contribution in [0.1, 0.15) is 5.76 Å². The summed E-state index contributed by atoms with van der Waals surface area (Å²) in [5.41, 5.74) is 0. The van der Waals surface area contributed by atoms with Gasteiger partial charge in [0.25, 0.3) is 0 Å². The SMILES string of the molecule is COC(=O)C(Cc1ccco1)S(=O)(=O)c1ccccc1. The van der Waals surface area contributed by atoms with Gasteiger partial charge in [0.05, 0.1) is 18.3 Å². The summed E-state index contributed by atoms with van der Waals surface area (Å²) < 4.78 is 34.8. The van der Waals surface area contributed by atoms with E-state index in [9.17, 15) is 13.2 Å². The summed E-state index contributed by atoms with van der Waals surface area (Å²) in [6.45, 7) is 0. The number of hydrogen-bond acceptors (Lipinski definition) is 5. The largest absolute Gasteiger partial charge is 0.469 e. The molecule has 2 rings (SSSR count). The topological polar surface area (TPSA) is 73.6 Å². The van der Waals surface area contributed by atoms with Gasteiger partial charge in [-0.1, -0.05) is 18.2 Å². The lowest BCUT2D eigenvalue weighted by Gasteiger charge is -2.14. The van der Waals surface area contributed by atoms with Crippen LogP contribution in [0, 0.1) is 0 Å². The first-order valence-corrected chi connectivity index (χ1v) is 7.49. The van der Waals surface area contributed by atoms with Gasteiger partial charge in [-0.2, -0.15) is 0 Å². The molecule has 1 unspecified atom stereocenters.